The van der Waals surface area contributed by atoms with Gasteiger partial charge in [-0.15, -0.1) is 0 Å². The van der Waals surface area contributed by atoms with Crippen molar-refractivity contribution in [3.8, 4) is 0 Å². The van der Waals surface area contributed by atoms with E-state index in [4.69, 9.17) is 9.84 Å². The highest BCUT2D eigenvalue weighted by Crippen LogP contribution is 2.26. The first-order valence-electron chi connectivity index (χ1n) is 8.86. The summed E-state index contributed by atoms with van der Waals surface area (Å²) < 4.78 is 4.86. The second kappa shape index (κ2) is 11.9. The molecule has 0 saturated carbocycles. The molecule has 2 bridgehead atoms. The molecule has 1 unspecified atom stereocenters. The van der Waals surface area contributed by atoms with Gasteiger partial charge in [-0.25, -0.2) is 0 Å². The van der Waals surface area contributed by atoms with Gasteiger partial charge in [0, 0.05) is 0 Å². The molecule has 1 N–H and O–H groups in total. The number of fused-ring (bicyclic) bond motifs is 3. The van der Waals surface area contributed by atoms with E-state index in [-0.39, 0.29) is 6.79 Å². The zero-order chi connectivity index (χ0) is 16.2. The number of hydrogen-bond acceptors (Lipinski definition) is 3. The van der Waals surface area contributed by atoms with E-state index in [0.717, 1.165) is 24.3 Å². The first-order chi connectivity index (χ1) is 10.8. The Morgan fingerprint density at radius 3 is 2.18 bits per heavy atom. The van der Waals surface area contributed by atoms with E-state index in [1.165, 1.54) is 38.9 Å². The minimum atomic E-state index is -0.221. The lowest BCUT2D eigenvalue weighted by atomic mass is 9.89. The summed E-state index contributed by atoms with van der Waals surface area (Å²) in [5.41, 5.74) is 1.05. The molecule has 0 aromatic rings. The summed E-state index contributed by atoms with van der Waals surface area (Å²) in [6.07, 6.45) is 13.0. The normalized spacial score (nSPS) is 29.0. The minimum absolute atomic E-state index is 0.221. The summed E-state index contributed by atoms with van der Waals surface area (Å²) in [5.74, 6) is 1.54. The molecule has 3 saturated heterocycles. The lowest BCUT2D eigenvalue weighted by Crippen LogP contribution is -2.41. The van der Waals surface area contributed by atoms with Crippen molar-refractivity contribution in [1.82, 2.24) is 4.90 Å². The molecule has 1 radical (unpaired) electrons. The maximum absolute atomic E-state index is 8.43. The maximum Gasteiger partial charge on any atom is 0.143 e. The number of ether oxygens (including phenoxy) is 1. The van der Waals surface area contributed by atoms with Crippen molar-refractivity contribution in [1.29, 1.82) is 0 Å². The molecule has 22 heavy (non-hydrogen) atoms. The lowest BCUT2D eigenvalue weighted by Gasteiger charge is -2.38. The Kier molecular flexibility index (Phi) is 10.5. The fraction of sp³-hybridized carbons (Fsp3) is 0.737. The van der Waals surface area contributed by atoms with Crippen molar-refractivity contribution in [3.63, 3.8) is 0 Å². The summed E-state index contributed by atoms with van der Waals surface area (Å²) >= 11 is 0. The van der Waals surface area contributed by atoms with Crippen molar-refractivity contribution in [2.24, 2.45) is 11.8 Å². The Bertz CT molecular complexity index is 296. The van der Waals surface area contributed by atoms with Crippen LogP contribution in [-0.4, -0.2) is 43.0 Å². The third kappa shape index (κ3) is 7.08. The SMILES string of the molecule is C1CN2CCC1CC2.C=C(COCO)C1[CH]CC=CC1.CC. The Balaban J connectivity index is 0.000000208. The van der Waals surface area contributed by atoms with E-state index in [2.05, 4.69) is 30.1 Å². The van der Waals surface area contributed by atoms with Crippen LogP contribution < -0.4 is 0 Å². The summed E-state index contributed by atoms with van der Waals surface area (Å²) in [7, 11) is 0. The van der Waals surface area contributed by atoms with Crippen molar-refractivity contribution in [2.75, 3.05) is 33.0 Å². The summed E-state index contributed by atoms with van der Waals surface area (Å²) in [4.78, 5) is 2.58. The van der Waals surface area contributed by atoms with E-state index in [0.29, 0.717) is 12.5 Å². The van der Waals surface area contributed by atoms with Crippen LogP contribution in [0.2, 0.25) is 0 Å². The number of nitrogens with zero attached hydrogens (tertiary/aromatic N) is 1. The predicted molar refractivity (Wildman–Crippen MR) is 93.5 cm³/mol. The van der Waals surface area contributed by atoms with E-state index < -0.39 is 0 Å². The number of hydrogen-bond donors (Lipinski definition) is 1. The molecule has 127 valence electrons. The standard InChI is InChI=1S/C10H15O2.C7H13N.C2H6/c1-9(7-12-8-11)10-5-3-2-4-6-10;1-4-8-5-2-7(1)3-6-8;1-2/h2-3,6,10-11H,1,4-5,7-8H2;7H,1-6H2;1-2H3. The van der Waals surface area contributed by atoms with Crippen LogP contribution in [0.15, 0.2) is 24.3 Å². The van der Waals surface area contributed by atoms with E-state index in [1.54, 1.807) is 0 Å². The van der Waals surface area contributed by atoms with Gasteiger partial charge in [0.05, 0.1) is 6.61 Å². The smallest absolute Gasteiger partial charge is 0.143 e. The molecule has 3 aliphatic heterocycles. The second-order valence-electron chi connectivity index (χ2n) is 5.99. The first-order valence-corrected chi connectivity index (χ1v) is 8.86. The number of aliphatic hydroxyl groups excluding tert-OH is 1. The third-order valence-corrected chi connectivity index (χ3v) is 4.58. The molecule has 0 aromatic heterocycles. The highest BCUT2D eigenvalue weighted by atomic mass is 16.6. The second-order valence-corrected chi connectivity index (χ2v) is 5.99. The molecule has 0 amide bonds. The molecule has 3 heterocycles. The van der Waals surface area contributed by atoms with Crippen LogP contribution in [0.1, 0.15) is 46.0 Å². The molecule has 3 heteroatoms. The Hall–Kier alpha value is -0.640. The fourth-order valence-corrected chi connectivity index (χ4v) is 3.16. The van der Waals surface area contributed by atoms with E-state index in [9.17, 15) is 0 Å². The molecule has 1 aliphatic carbocycles. The van der Waals surface area contributed by atoms with Crippen LogP contribution in [0.3, 0.4) is 0 Å². The van der Waals surface area contributed by atoms with Crippen molar-refractivity contribution >= 4 is 0 Å². The molecule has 1 atom stereocenters. The highest BCUT2D eigenvalue weighted by molar-refractivity contribution is 5.13. The van der Waals surface area contributed by atoms with Crippen LogP contribution in [0, 0.1) is 18.3 Å². The predicted octanol–water partition coefficient (Wildman–Crippen LogP) is 3.81. The van der Waals surface area contributed by atoms with Gasteiger partial charge in [0.25, 0.3) is 0 Å². The van der Waals surface area contributed by atoms with Gasteiger partial charge in [0.1, 0.15) is 6.79 Å². The number of piperidine rings is 3. The van der Waals surface area contributed by atoms with Gasteiger partial charge in [0.2, 0.25) is 0 Å². The molecule has 3 nitrogen and oxygen atoms in total. The maximum atomic E-state index is 8.43. The van der Waals surface area contributed by atoms with Crippen molar-refractivity contribution < 1.29 is 9.84 Å². The van der Waals surface area contributed by atoms with Crippen LogP contribution >= 0.6 is 0 Å². The quantitative estimate of drug-likeness (QED) is 0.633. The van der Waals surface area contributed by atoms with Crippen molar-refractivity contribution in [3.05, 3.63) is 30.7 Å². The van der Waals surface area contributed by atoms with Gasteiger partial charge < -0.3 is 14.7 Å². The minimum Gasteiger partial charge on any atom is -0.371 e. The Labute approximate surface area is 137 Å². The van der Waals surface area contributed by atoms with Gasteiger partial charge in [-0.3, -0.25) is 0 Å². The number of allylic oxidation sites excluding steroid dienone is 2. The zero-order valence-electron chi connectivity index (χ0n) is 14.5. The Morgan fingerprint density at radius 1 is 1.18 bits per heavy atom. The highest BCUT2D eigenvalue weighted by Gasteiger charge is 2.24. The molecule has 4 aliphatic rings. The molecule has 3 fully saturated rings. The molecular formula is C19H34NO2. The molecule has 4 rings (SSSR count). The first kappa shape index (κ1) is 19.4. The summed E-state index contributed by atoms with van der Waals surface area (Å²) in [6.45, 7) is 12.3. The zero-order valence-corrected chi connectivity index (χ0v) is 14.5. The molecular weight excluding hydrogens is 274 g/mol. The van der Waals surface area contributed by atoms with Crippen LogP contribution in [0.25, 0.3) is 0 Å². The van der Waals surface area contributed by atoms with Gasteiger partial charge in [0.15, 0.2) is 0 Å². The summed E-state index contributed by atoms with van der Waals surface area (Å²) in [6, 6.07) is 0. The van der Waals surface area contributed by atoms with Gasteiger partial charge >= 0.3 is 0 Å². The topological polar surface area (TPSA) is 32.7 Å². The molecule has 0 spiro atoms. The Morgan fingerprint density at radius 2 is 1.82 bits per heavy atom. The summed E-state index contributed by atoms with van der Waals surface area (Å²) in [5, 5.41) is 8.43. The lowest BCUT2D eigenvalue weighted by molar-refractivity contribution is 0.00813. The third-order valence-electron chi connectivity index (χ3n) is 4.58. The van der Waals surface area contributed by atoms with Gasteiger partial charge in [-0.1, -0.05) is 32.6 Å². The monoisotopic (exact) mass is 308 g/mol. The molecule has 0 aromatic carbocycles. The van der Waals surface area contributed by atoms with E-state index in [1.807, 2.05) is 13.8 Å². The largest absolute Gasteiger partial charge is 0.371 e. The average molecular weight is 308 g/mol. The number of aliphatic hydroxyl groups is 1. The van der Waals surface area contributed by atoms with Crippen LogP contribution in [0.5, 0.6) is 0 Å². The van der Waals surface area contributed by atoms with Crippen LogP contribution in [0.4, 0.5) is 0 Å². The number of rotatable bonds is 4. The van der Waals surface area contributed by atoms with Crippen molar-refractivity contribution in [2.45, 2.75) is 46.0 Å². The fourth-order valence-electron chi connectivity index (χ4n) is 3.16. The van der Waals surface area contributed by atoms with Gasteiger partial charge in [-0.05, 0) is 75.6 Å². The van der Waals surface area contributed by atoms with E-state index >= 15 is 0 Å². The van der Waals surface area contributed by atoms with Crippen LogP contribution in [-0.2, 0) is 4.74 Å². The average Bonchev–Trinajstić information content (AvgIpc) is 2.64. The van der Waals surface area contributed by atoms with Gasteiger partial charge in [-0.2, -0.15) is 0 Å².